The van der Waals surface area contributed by atoms with Crippen LogP contribution in [0.5, 0.6) is 0 Å². The molecular weight excluding hydrogens is 446 g/mol. The van der Waals surface area contributed by atoms with E-state index in [1.54, 1.807) is 24.3 Å². The van der Waals surface area contributed by atoms with E-state index >= 15 is 0 Å². The number of rotatable bonds is 6. The standard InChI is InChI=1S/C28H26ClN3O2/c29-23-13-5-3-12-22(23)27(33)32-26(16-19-17-30-24-14-6-4-11-21(19)24)28(34)31-25-15-7-9-18-8-1-2-10-20(18)25/h1-6,8,10-14,17,25-26,30H,7,9,15-16H2,(H,31,34)(H,32,33)/t25-,26+/m0/s1. The number of H-pyrrole nitrogens is 1. The first-order valence-corrected chi connectivity index (χ1v) is 12.0. The predicted molar refractivity (Wildman–Crippen MR) is 135 cm³/mol. The number of benzene rings is 3. The highest BCUT2D eigenvalue weighted by Gasteiger charge is 2.28. The van der Waals surface area contributed by atoms with Crippen molar-refractivity contribution in [1.29, 1.82) is 0 Å². The molecule has 3 aromatic carbocycles. The maximum Gasteiger partial charge on any atom is 0.253 e. The Morgan fingerprint density at radius 3 is 2.65 bits per heavy atom. The van der Waals surface area contributed by atoms with Crippen molar-refractivity contribution >= 4 is 34.3 Å². The minimum absolute atomic E-state index is 0.0693. The summed E-state index contributed by atoms with van der Waals surface area (Å²) < 4.78 is 0. The normalized spacial score (nSPS) is 16.0. The molecule has 2 atom stereocenters. The Kier molecular flexibility index (Phi) is 6.37. The van der Waals surface area contributed by atoms with Crippen LogP contribution in [0.25, 0.3) is 10.9 Å². The summed E-state index contributed by atoms with van der Waals surface area (Å²) in [6.45, 7) is 0. The quantitative estimate of drug-likeness (QED) is 0.354. The zero-order valence-electron chi connectivity index (χ0n) is 18.7. The summed E-state index contributed by atoms with van der Waals surface area (Å²) in [5.74, 6) is -0.568. The molecule has 5 nitrogen and oxygen atoms in total. The Morgan fingerprint density at radius 2 is 1.76 bits per heavy atom. The summed E-state index contributed by atoms with van der Waals surface area (Å²) >= 11 is 6.25. The topological polar surface area (TPSA) is 74.0 Å². The number of carbonyl (C=O) groups excluding carboxylic acids is 2. The number of fused-ring (bicyclic) bond motifs is 2. The van der Waals surface area contributed by atoms with E-state index in [2.05, 4.69) is 27.8 Å². The van der Waals surface area contributed by atoms with Gasteiger partial charge in [0, 0.05) is 23.5 Å². The summed E-state index contributed by atoms with van der Waals surface area (Å²) in [4.78, 5) is 29.9. The first kappa shape index (κ1) is 22.2. The maximum absolute atomic E-state index is 13.6. The van der Waals surface area contributed by atoms with E-state index in [0.717, 1.165) is 41.3 Å². The van der Waals surface area contributed by atoms with Gasteiger partial charge in [-0.05, 0) is 54.2 Å². The van der Waals surface area contributed by atoms with Gasteiger partial charge in [-0.1, -0.05) is 66.2 Å². The fourth-order valence-corrected chi connectivity index (χ4v) is 5.01. The van der Waals surface area contributed by atoms with E-state index < -0.39 is 6.04 Å². The number of halogens is 1. The molecule has 0 radical (unpaired) electrons. The average molecular weight is 472 g/mol. The van der Waals surface area contributed by atoms with Crippen molar-refractivity contribution in [3.05, 3.63) is 106 Å². The third-order valence-corrected chi connectivity index (χ3v) is 6.85. The molecule has 1 aromatic heterocycles. The molecule has 6 heteroatoms. The number of aromatic nitrogens is 1. The fourth-order valence-electron chi connectivity index (χ4n) is 4.79. The van der Waals surface area contributed by atoms with Crippen LogP contribution in [0.4, 0.5) is 0 Å². The minimum atomic E-state index is -0.753. The number of hydrogen-bond acceptors (Lipinski definition) is 2. The Morgan fingerprint density at radius 1 is 1.00 bits per heavy atom. The summed E-state index contributed by atoms with van der Waals surface area (Å²) in [5, 5.41) is 7.54. The molecule has 34 heavy (non-hydrogen) atoms. The molecule has 0 saturated carbocycles. The van der Waals surface area contributed by atoms with Gasteiger partial charge in [0.1, 0.15) is 6.04 Å². The average Bonchev–Trinajstić information content (AvgIpc) is 3.27. The van der Waals surface area contributed by atoms with Crippen LogP contribution in [-0.2, 0) is 17.6 Å². The number of aromatic amines is 1. The third kappa shape index (κ3) is 4.57. The lowest BCUT2D eigenvalue weighted by molar-refractivity contribution is -0.123. The van der Waals surface area contributed by atoms with E-state index in [1.165, 1.54) is 5.56 Å². The van der Waals surface area contributed by atoms with Gasteiger partial charge in [0.2, 0.25) is 5.91 Å². The highest BCUT2D eigenvalue weighted by molar-refractivity contribution is 6.33. The molecule has 0 bridgehead atoms. The summed E-state index contributed by atoms with van der Waals surface area (Å²) in [6, 6.07) is 22.2. The Bertz CT molecular complexity index is 1350. The fraction of sp³-hybridized carbons (Fsp3) is 0.214. The van der Waals surface area contributed by atoms with Gasteiger partial charge in [0.25, 0.3) is 5.91 Å². The van der Waals surface area contributed by atoms with Crippen LogP contribution < -0.4 is 10.6 Å². The monoisotopic (exact) mass is 471 g/mol. The van der Waals surface area contributed by atoms with Crippen LogP contribution >= 0.6 is 11.6 Å². The Balaban J connectivity index is 1.42. The molecule has 1 heterocycles. The van der Waals surface area contributed by atoms with Crippen molar-refractivity contribution in [3.8, 4) is 0 Å². The summed E-state index contributed by atoms with van der Waals surface area (Å²) in [7, 11) is 0. The van der Waals surface area contributed by atoms with Gasteiger partial charge in [0.15, 0.2) is 0 Å². The molecule has 1 aliphatic rings. The second-order valence-electron chi connectivity index (χ2n) is 8.72. The Hall–Kier alpha value is -3.57. The highest BCUT2D eigenvalue weighted by Crippen LogP contribution is 2.29. The number of carbonyl (C=O) groups is 2. The minimum Gasteiger partial charge on any atom is -0.361 e. The van der Waals surface area contributed by atoms with E-state index in [-0.39, 0.29) is 17.9 Å². The van der Waals surface area contributed by atoms with Gasteiger partial charge in [-0.2, -0.15) is 0 Å². The smallest absolute Gasteiger partial charge is 0.253 e. The number of nitrogens with one attached hydrogen (secondary N) is 3. The molecular formula is C28H26ClN3O2. The lowest BCUT2D eigenvalue weighted by Crippen LogP contribution is -2.49. The number of para-hydroxylation sites is 1. The lowest BCUT2D eigenvalue weighted by Gasteiger charge is -2.28. The van der Waals surface area contributed by atoms with Gasteiger partial charge in [-0.3, -0.25) is 9.59 Å². The molecule has 172 valence electrons. The molecule has 4 aromatic rings. The first-order valence-electron chi connectivity index (χ1n) is 11.6. The van der Waals surface area contributed by atoms with Crippen LogP contribution in [0, 0.1) is 0 Å². The molecule has 2 amide bonds. The van der Waals surface area contributed by atoms with Gasteiger partial charge < -0.3 is 15.6 Å². The van der Waals surface area contributed by atoms with Crippen molar-refractivity contribution in [2.24, 2.45) is 0 Å². The van der Waals surface area contributed by atoms with E-state index in [1.807, 2.05) is 42.6 Å². The van der Waals surface area contributed by atoms with Crippen molar-refractivity contribution in [2.45, 2.75) is 37.8 Å². The van der Waals surface area contributed by atoms with Crippen molar-refractivity contribution in [1.82, 2.24) is 15.6 Å². The van der Waals surface area contributed by atoms with Gasteiger partial charge in [0.05, 0.1) is 16.6 Å². The molecule has 5 rings (SSSR count). The molecule has 0 fully saturated rings. The molecule has 0 saturated heterocycles. The number of amides is 2. The van der Waals surface area contributed by atoms with Crippen molar-refractivity contribution in [2.75, 3.05) is 0 Å². The first-order chi connectivity index (χ1) is 16.6. The van der Waals surface area contributed by atoms with Crippen LogP contribution in [0.15, 0.2) is 79.0 Å². The number of aryl methyl sites for hydroxylation is 1. The zero-order valence-corrected chi connectivity index (χ0v) is 19.4. The van der Waals surface area contributed by atoms with Crippen LogP contribution in [0.1, 0.15) is 45.9 Å². The van der Waals surface area contributed by atoms with Gasteiger partial charge >= 0.3 is 0 Å². The summed E-state index contributed by atoms with van der Waals surface area (Å²) in [6.07, 6.45) is 5.18. The lowest BCUT2D eigenvalue weighted by atomic mass is 9.87. The molecule has 1 aliphatic carbocycles. The molecule has 3 N–H and O–H groups in total. The zero-order chi connectivity index (χ0) is 23.5. The van der Waals surface area contributed by atoms with E-state index in [4.69, 9.17) is 11.6 Å². The predicted octanol–water partition coefficient (Wildman–Crippen LogP) is 5.36. The second kappa shape index (κ2) is 9.74. The maximum atomic E-state index is 13.6. The van der Waals surface area contributed by atoms with Gasteiger partial charge in [-0.15, -0.1) is 0 Å². The molecule has 0 unspecified atom stereocenters. The van der Waals surface area contributed by atoms with Crippen LogP contribution in [0.3, 0.4) is 0 Å². The molecule has 0 spiro atoms. The second-order valence-corrected chi connectivity index (χ2v) is 9.13. The highest BCUT2D eigenvalue weighted by atomic mass is 35.5. The van der Waals surface area contributed by atoms with Crippen molar-refractivity contribution in [3.63, 3.8) is 0 Å². The third-order valence-electron chi connectivity index (χ3n) is 6.53. The largest absolute Gasteiger partial charge is 0.361 e. The van der Waals surface area contributed by atoms with Gasteiger partial charge in [-0.25, -0.2) is 0 Å². The van der Waals surface area contributed by atoms with E-state index in [9.17, 15) is 9.59 Å². The van der Waals surface area contributed by atoms with E-state index in [0.29, 0.717) is 17.0 Å². The van der Waals surface area contributed by atoms with Crippen molar-refractivity contribution < 1.29 is 9.59 Å². The molecule has 0 aliphatic heterocycles. The number of hydrogen-bond donors (Lipinski definition) is 3. The van der Waals surface area contributed by atoms with Crippen LogP contribution in [0.2, 0.25) is 5.02 Å². The summed E-state index contributed by atoms with van der Waals surface area (Å²) in [5.41, 5.74) is 4.75. The SMILES string of the molecule is O=C(N[C@H](Cc1c[nH]c2ccccc12)C(=O)N[C@H]1CCCc2ccccc21)c1ccccc1Cl. The Labute approximate surface area is 203 Å². The van der Waals surface area contributed by atoms with Crippen LogP contribution in [-0.4, -0.2) is 22.8 Å².